The van der Waals surface area contributed by atoms with Gasteiger partial charge < -0.3 is 9.47 Å². The first-order chi connectivity index (χ1) is 13.1. The van der Waals surface area contributed by atoms with E-state index in [9.17, 15) is 28.8 Å². The molecule has 0 aromatic carbocycles. The van der Waals surface area contributed by atoms with Crippen LogP contribution in [0.2, 0.25) is 0 Å². The van der Waals surface area contributed by atoms with Gasteiger partial charge in [-0.3, -0.25) is 39.4 Å². The molecule has 0 atom stereocenters. The van der Waals surface area contributed by atoms with Crippen LogP contribution >= 0.6 is 0 Å². The zero-order chi connectivity index (χ0) is 23.2. The quantitative estimate of drug-likeness (QED) is 0.431. The first kappa shape index (κ1) is 26.2. The van der Waals surface area contributed by atoms with Crippen LogP contribution in [0.3, 0.4) is 0 Å². The van der Waals surface area contributed by atoms with Crippen LogP contribution in [0.25, 0.3) is 0 Å². The highest BCUT2D eigenvalue weighted by Gasteiger charge is 2.45. The Morgan fingerprint density at radius 3 is 1.03 bits per heavy atom. The van der Waals surface area contributed by atoms with Crippen molar-refractivity contribution in [1.29, 1.82) is 0 Å². The zero-order valence-electron chi connectivity index (χ0n) is 18.2. The van der Waals surface area contributed by atoms with Gasteiger partial charge in [0.15, 0.2) is 0 Å². The van der Waals surface area contributed by atoms with E-state index in [1.807, 2.05) is 10.6 Å². The van der Waals surface area contributed by atoms with Crippen molar-refractivity contribution in [2.45, 2.75) is 55.4 Å². The summed E-state index contributed by atoms with van der Waals surface area (Å²) in [6.07, 6.45) is 0. The maximum Gasteiger partial charge on any atom is 0.321 e. The first-order valence-electron chi connectivity index (χ1n) is 9.12. The van der Waals surface area contributed by atoms with E-state index in [-0.39, 0.29) is 13.2 Å². The van der Waals surface area contributed by atoms with Gasteiger partial charge in [-0.15, -0.1) is 0 Å². The van der Waals surface area contributed by atoms with Gasteiger partial charge in [0.1, 0.15) is 16.2 Å². The molecular formula is C19H30N2O8. The summed E-state index contributed by atoms with van der Waals surface area (Å²) in [6, 6.07) is 0. The Morgan fingerprint density at radius 2 is 0.793 bits per heavy atom. The van der Waals surface area contributed by atoms with Crippen molar-refractivity contribution in [1.82, 2.24) is 10.6 Å². The molecule has 10 nitrogen and oxygen atoms in total. The van der Waals surface area contributed by atoms with E-state index in [2.05, 4.69) is 0 Å². The lowest BCUT2D eigenvalue weighted by atomic mass is 9.87. The largest absolute Gasteiger partial charge is 0.465 e. The van der Waals surface area contributed by atoms with Crippen LogP contribution in [0, 0.1) is 16.2 Å². The maximum atomic E-state index is 12.5. The summed E-state index contributed by atoms with van der Waals surface area (Å²) >= 11 is 0. The fraction of sp³-hybridized carbons (Fsp3) is 0.684. The van der Waals surface area contributed by atoms with Crippen molar-refractivity contribution in [3.63, 3.8) is 0 Å². The Labute approximate surface area is 170 Å². The van der Waals surface area contributed by atoms with Gasteiger partial charge in [0.05, 0.1) is 13.2 Å². The van der Waals surface area contributed by atoms with E-state index in [0.29, 0.717) is 0 Å². The monoisotopic (exact) mass is 414 g/mol. The number of rotatable bonds is 8. The summed E-state index contributed by atoms with van der Waals surface area (Å²) < 4.78 is 9.59. The van der Waals surface area contributed by atoms with Crippen LogP contribution in [0.5, 0.6) is 0 Å². The zero-order valence-corrected chi connectivity index (χ0v) is 18.2. The van der Waals surface area contributed by atoms with Gasteiger partial charge in [0, 0.05) is 0 Å². The molecule has 164 valence electrons. The minimum atomic E-state index is -1.86. The molecule has 0 aromatic heterocycles. The Morgan fingerprint density at radius 1 is 0.552 bits per heavy atom. The molecule has 0 bridgehead atoms. The molecule has 0 aliphatic carbocycles. The maximum absolute atomic E-state index is 12.5. The highest BCUT2D eigenvalue weighted by atomic mass is 16.5. The number of hydrogen-bond donors (Lipinski definition) is 2. The summed E-state index contributed by atoms with van der Waals surface area (Å²) in [4.78, 5) is 73.3. The average molecular weight is 414 g/mol. The van der Waals surface area contributed by atoms with Gasteiger partial charge in [-0.1, -0.05) is 0 Å². The summed E-state index contributed by atoms with van der Waals surface area (Å²) in [7, 11) is 0. The molecule has 0 aliphatic rings. The number of ether oxygens (including phenoxy) is 2. The molecule has 10 heteroatoms. The van der Waals surface area contributed by atoms with Crippen molar-refractivity contribution in [2.75, 3.05) is 13.2 Å². The predicted octanol–water partition coefficient (Wildman–Crippen LogP) is 0.477. The molecule has 0 unspecified atom stereocenters. The normalized spacial score (nSPS) is 11.9. The molecule has 2 N–H and O–H groups in total. The number of carbonyl (C=O) groups is 6. The van der Waals surface area contributed by atoms with Gasteiger partial charge >= 0.3 is 11.9 Å². The minimum Gasteiger partial charge on any atom is -0.465 e. The van der Waals surface area contributed by atoms with Gasteiger partial charge in [-0.05, 0) is 55.4 Å². The molecule has 0 radical (unpaired) electrons. The van der Waals surface area contributed by atoms with Gasteiger partial charge in [0.25, 0.3) is 0 Å². The second-order valence-electron chi connectivity index (χ2n) is 7.88. The third-order valence-electron chi connectivity index (χ3n) is 4.30. The lowest BCUT2D eigenvalue weighted by Crippen LogP contribution is -2.56. The number of esters is 2. The topological polar surface area (TPSA) is 145 Å². The van der Waals surface area contributed by atoms with Crippen molar-refractivity contribution in [2.24, 2.45) is 16.2 Å². The third-order valence-corrected chi connectivity index (χ3v) is 4.30. The predicted molar refractivity (Wildman–Crippen MR) is 101 cm³/mol. The van der Waals surface area contributed by atoms with Crippen molar-refractivity contribution >= 4 is 35.6 Å². The SMILES string of the molecule is CCOC(=O)C(C)(C)C(=O)NC(=O)C(C)(C)C(=O)NC(=O)C(C)(C)C(=O)OCC. The number of hydrogen-bond acceptors (Lipinski definition) is 8. The van der Waals surface area contributed by atoms with E-state index in [1.165, 1.54) is 41.5 Å². The molecule has 0 rings (SSSR count). The molecular weight excluding hydrogens is 384 g/mol. The lowest BCUT2D eigenvalue weighted by molar-refractivity contribution is -0.160. The second-order valence-corrected chi connectivity index (χ2v) is 7.88. The highest BCUT2D eigenvalue weighted by Crippen LogP contribution is 2.22. The Balaban J connectivity index is 5.28. The van der Waals surface area contributed by atoms with Gasteiger partial charge in [-0.2, -0.15) is 0 Å². The van der Waals surface area contributed by atoms with Crippen LogP contribution in [0.15, 0.2) is 0 Å². The minimum absolute atomic E-state index is 0.0513. The third kappa shape index (κ3) is 6.10. The number of amides is 4. The molecule has 0 aliphatic heterocycles. The Bertz CT molecular complexity index is 649. The standard InChI is InChI=1S/C19H30N2O8/c1-9-28-15(26)18(5,6)13(24)20-11(22)17(3,4)12(23)21-14(25)19(7,8)16(27)29-10-2/h9-10H2,1-8H3,(H,20,22,24)(H,21,23,25). The van der Waals surface area contributed by atoms with Crippen LogP contribution in [-0.2, 0) is 38.2 Å². The number of imide groups is 2. The van der Waals surface area contributed by atoms with Crippen molar-refractivity contribution in [3.8, 4) is 0 Å². The Kier molecular flexibility index (Phi) is 8.70. The van der Waals surface area contributed by atoms with Crippen LogP contribution < -0.4 is 10.6 Å². The second kappa shape index (κ2) is 9.62. The van der Waals surface area contributed by atoms with Gasteiger partial charge in [-0.25, -0.2) is 0 Å². The smallest absolute Gasteiger partial charge is 0.321 e. The summed E-state index contributed by atoms with van der Waals surface area (Å²) in [5.74, 6) is -5.64. The first-order valence-corrected chi connectivity index (χ1v) is 9.12. The molecule has 29 heavy (non-hydrogen) atoms. The molecule has 0 fully saturated rings. The average Bonchev–Trinajstić information content (AvgIpc) is 2.61. The van der Waals surface area contributed by atoms with Crippen LogP contribution in [0.4, 0.5) is 0 Å². The number of nitrogens with one attached hydrogen (secondary N) is 2. The number of carbonyl (C=O) groups excluding carboxylic acids is 6. The molecule has 0 saturated carbocycles. The summed E-state index contributed by atoms with van der Waals surface area (Å²) in [6.45, 7) is 10.7. The van der Waals surface area contributed by atoms with E-state index in [0.717, 1.165) is 0 Å². The van der Waals surface area contributed by atoms with E-state index >= 15 is 0 Å². The molecule has 4 amide bonds. The highest BCUT2D eigenvalue weighted by molar-refractivity contribution is 6.17. The van der Waals surface area contributed by atoms with E-state index < -0.39 is 51.8 Å². The summed E-state index contributed by atoms with van der Waals surface area (Å²) in [5, 5.41) is 3.99. The fourth-order valence-corrected chi connectivity index (χ4v) is 1.74. The van der Waals surface area contributed by atoms with Crippen molar-refractivity contribution < 1.29 is 38.2 Å². The lowest BCUT2D eigenvalue weighted by Gasteiger charge is -2.27. The fourth-order valence-electron chi connectivity index (χ4n) is 1.74. The Hall–Kier alpha value is -2.78. The molecule has 0 aromatic rings. The molecule has 0 saturated heterocycles. The molecule has 0 heterocycles. The summed E-state index contributed by atoms with van der Waals surface area (Å²) in [5.41, 5.74) is -5.19. The van der Waals surface area contributed by atoms with E-state index in [4.69, 9.17) is 9.47 Å². The molecule has 0 spiro atoms. The van der Waals surface area contributed by atoms with Crippen LogP contribution in [0.1, 0.15) is 55.4 Å². The van der Waals surface area contributed by atoms with Crippen molar-refractivity contribution in [3.05, 3.63) is 0 Å². The van der Waals surface area contributed by atoms with E-state index in [1.54, 1.807) is 13.8 Å². The van der Waals surface area contributed by atoms with Gasteiger partial charge in [0.2, 0.25) is 23.6 Å². The van der Waals surface area contributed by atoms with Crippen LogP contribution in [-0.4, -0.2) is 48.8 Å².